The van der Waals surface area contributed by atoms with E-state index < -0.39 is 10.0 Å². The highest BCUT2D eigenvalue weighted by atomic mass is 79.9. The second kappa shape index (κ2) is 6.23. The van der Waals surface area contributed by atoms with Crippen molar-refractivity contribution in [2.24, 2.45) is 0 Å². The Balaban J connectivity index is 2.06. The summed E-state index contributed by atoms with van der Waals surface area (Å²) in [5.74, 6) is 0. The van der Waals surface area contributed by atoms with Gasteiger partial charge in [0.2, 0.25) is 0 Å². The number of nitrogens with one attached hydrogen (secondary N) is 1. The first kappa shape index (κ1) is 17.0. The fraction of sp³-hybridized carbons (Fsp3) is 0.176. The molecule has 1 N–H and O–H groups in total. The number of hydrogen-bond acceptors (Lipinski definition) is 4. The van der Waals surface area contributed by atoms with Crippen molar-refractivity contribution in [2.45, 2.75) is 24.8 Å². The molecule has 0 aliphatic carbocycles. The molecular formula is C17H16BrN2O3S-. The van der Waals surface area contributed by atoms with Gasteiger partial charge in [-0.25, -0.2) is 8.42 Å². The minimum Gasteiger partial charge on any atom is -0.758 e. The Labute approximate surface area is 149 Å². The lowest BCUT2D eigenvalue weighted by Crippen LogP contribution is -2.29. The second-order valence-electron chi connectivity index (χ2n) is 5.74. The van der Waals surface area contributed by atoms with Crippen LogP contribution in [-0.4, -0.2) is 14.5 Å². The first-order valence-electron chi connectivity index (χ1n) is 7.35. The average molecular weight is 408 g/mol. The molecule has 1 unspecified atom stereocenters. The molecule has 3 rings (SSSR count). The van der Waals surface area contributed by atoms with E-state index in [9.17, 15) is 13.6 Å². The molecular weight excluding hydrogens is 392 g/mol. The summed E-state index contributed by atoms with van der Waals surface area (Å²) in [7, 11) is -3.78. The predicted molar refractivity (Wildman–Crippen MR) is 100 cm³/mol. The zero-order valence-electron chi connectivity index (χ0n) is 13.2. The molecule has 0 radical (unpaired) electrons. The van der Waals surface area contributed by atoms with Gasteiger partial charge in [-0.15, -0.1) is 0 Å². The van der Waals surface area contributed by atoms with Crippen LogP contribution in [0, 0.1) is 12.1 Å². The molecule has 24 heavy (non-hydrogen) atoms. The first-order valence-corrected chi connectivity index (χ1v) is 9.63. The van der Waals surface area contributed by atoms with Gasteiger partial charge in [-0.3, -0.25) is 4.72 Å². The Hall–Kier alpha value is -1.83. The molecule has 0 amide bonds. The Bertz CT molecular complexity index is 908. The molecule has 0 saturated heterocycles. The van der Waals surface area contributed by atoms with Gasteiger partial charge >= 0.3 is 0 Å². The van der Waals surface area contributed by atoms with Crippen LogP contribution in [0.3, 0.4) is 0 Å². The van der Waals surface area contributed by atoms with Gasteiger partial charge in [0.1, 0.15) is 0 Å². The normalized spacial score (nSPS) is 16.8. The van der Waals surface area contributed by atoms with Crippen molar-refractivity contribution < 1.29 is 8.42 Å². The highest BCUT2D eigenvalue weighted by Crippen LogP contribution is 2.39. The van der Waals surface area contributed by atoms with Crippen molar-refractivity contribution in [3.05, 3.63) is 63.3 Å². The lowest BCUT2D eigenvalue weighted by Gasteiger charge is -2.40. The summed E-state index contributed by atoms with van der Waals surface area (Å²) >= 11 is 3.36. The monoisotopic (exact) mass is 407 g/mol. The van der Waals surface area contributed by atoms with Gasteiger partial charge in [-0.1, -0.05) is 45.8 Å². The lowest BCUT2D eigenvalue weighted by molar-refractivity contribution is 0.601. The van der Waals surface area contributed by atoms with Crippen molar-refractivity contribution in [1.82, 2.24) is 0 Å². The predicted octanol–water partition coefficient (Wildman–Crippen LogP) is 4.28. The summed E-state index contributed by atoms with van der Waals surface area (Å²) in [4.78, 5) is 0.152. The summed E-state index contributed by atoms with van der Waals surface area (Å²) in [6, 6.07) is 9.57. The van der Waals surface area contributed by atoms with E-state index in [2.05, 4.69) is 20.7 Å². The van der Waals surface area contributed by atoms with Crippen LogP contribution in [0.15, 0.2) is 51.8 Å². The van der Waals surface area contributed by atoms with E-state index in [1.807, 2.05) is 13.0 Å². The van der Waals surface area contributed by atoms with E-state index in [1.54, 1.807) is 49.4 Å². The van der Waals surface area contributed by atoms with Crippen LogP contribution in [0.25, 0.3) is 6.08 Å². The first-order chi connectivity index (χ1) is 11.3. The van der Waals surface area contributed by atoms with Crippen LogP contribution in [0.1, 0.15) is 18.1 Å². The molecule has 126 valence electrons. The maximum atomic E-state index is 12.6. The van der Waals surface area contributed by atoms with Gasteiger partial charge in [0.25, 0.3) is 10.0 Å². The molecule has 2 aromatic rings. The van der Waals surface area contributed by atoms with Crippen LogP contribution in [0.2, 0.25) is 0 Å². The molecule has 1 atom stereocenters. The van der Waals surface area contributed by atoms with Gasteiger partial charge < -0.3 is 10.3 Å². The van der Waals surface area contributed by atoms with Gasteiger partial charge in [-0.05, 0) is 38.1 Å². The zero-order valence-corrected chi connectivity index (χ0v) is 15.6. The van der Waals surface area contributed by atoms with Crippen LogP contribution in [-0.2, 0) is 10.0 Å². The molecule has 0 spiro atoms. The smallest absolute Gasteiger partial charge is 0.261 e. The number of anilines is 2. The largest absolute Gasteiger partial charge is 0.758 e. The van der Waals surface area contributed by atoms with Gasteiger partial charge in [0.15, 0.2) is 0 Å². The number of sulfonamides is 1. The highest BCUT2D eigenvalue weighted by Gasteiger charge is 2.21. The third kappa shape index (κ3) is 3.19. The summed E-state index contributed by atoms with van der Waals surface area (Å²) in [6.07, 6.45) is 3.60. The molecule has 1 aliphatic heterocycles. The van der Waals surface area contributed by atoms with Gasteiger partial charge in [0.05, 0.1) is 16.3 Å². The number of fused-ring (bicyclic) bond motifs is 1. The molecule has 0 saturated carbocycles. The van der Waals surface area contributed by atoms with Crippen molar-refractivity contribution in [3.8, 4) is 0 Å². The van der Waals surface area contributed by atoms with Gasteiger partial charge in [-0.2, -0.15) is 0 Å². The third-order valence-corrected chi connectivity index (χ3v) is 5.66. The van der Waals surface area contributed by atoms with E-state index >= 15 is 0 Å². The van der Waals surface area contributed by atoms with Crippen LogP contribution in [0.5, 0.6) is 0 Å². The van der Waals surface area contributed by atoms with Crippen LogP contribution < -0.4 is 9.79 Å². The second-order valence-corrected chi connectivity index (χ2v) is 8.33. The van der Waals surface area contributed by atoms with E-state index in [4.69, 9.17) is 0 Å². The van der Waals surface area contributed by atoms with E-state index in [-0.39, 0.29) is 16.6 Å². The Morgan fingerprint density at radius 2 is 1.88 bits per heavy atom. The van der Waals surface area contributed by atoms with Gasteiger partial charge in [0, 0.05) is 16.1 Å². The number of aryl methyl sites for hydroxylation is 1. The number of benzene rings is 2. The number of hydroxylamine groups is 1. The summed E-state index contributed by atoms with van der Waals surface area (Å²) < 4.78 is 28.5. The van der Waals surface area contributed by atoms with Crippen LogP contribution >= 0.6 is 15.9 Å². The lowest BCUT2D eigenvalue weighted by atomic mass is 10.0. The quantitative estimate of drug-likeness (QED) is 0.823. The topological polar surface area (TPSA) is 72.5 Å². The van der Waals surface area contributed by atoms with Crippen molar-refractivity contribution >= 4 is 43.4 Å². The number of rotatable bonds is 3. The Morgan fingerprint density at radius 3 is 2.54 bits per heavy atom. The molecule has 0 aromatic heterocycles. The maximum Gasteiger partial charge on any atom is 0.261 e. The highest BCUT2D eigenvalue weighted by molar-refractivity contribution is 9.10. The van der Waals surface area contributed by atoms with Crippen molar-refractivity contribution in [2.75, 3.05) is 9.79 Å². The molecule has 0 bridgehead atoms. The number of nitrogens with zero attached hydrogens (tertiary/aromatic N) is 1. The molecule has 1 heterocycles. The van der Waals surface area contributed by atoms with E-state index in [1.165, 1.54) is 0 Å². The Kier molecular flexibility index (Phi) is 4.42. The van der Waals surface area contributed by atoms with Crippen LogP contribution in [0.4, 0.5) is 11.4 Å². The minimum absolute atomic E-state index is 0.152. The standard InChI is InChI=1S/C17H16BrN2O3S/c1-11-3-7-15(8-4-11)24(22,23)19-16-10-14(18)9-13-6-5-12(2)20(21)17(13)16/h3-10,12,19H,1-2H3/q-1. The molecule has 5 nitrogen and oxygen atoms in total. The third-order valence-electron chi connectivity index (χ3n) is 3.82. The molecule has 1 aliphatic rings. The summed E-state index contributed by atoms with van der Waals surface area (Å²) in [5.41, 5.74) is 2.22. The number of halogens is 1. The fourth-order valence-electron chi connectivity index (χ4n) is 2.52. The molecule has 7 heteroatoms. The summed E-state index contributed by atoms with van der Waals surface area (Å²) in [5, 5.41) is 13.2. The zero-order chi connectivity index (χ0) is 17.5. The van der Waals surface area contributed by atoms with Crippen molar-refractivity contribution in [3.63, 3.8) is 0 Å². The minimum atomic E-state index is -3.78. The maximum absolute atomic E-state index is 12.6. The Morgan fingerprint density at radius 1 is 1.21 bits per heavy atom. The fourth-order valence-corrected chi connectivity index (χ4v) is 4.05. The molecule has 0 fully saturated rings. The average Bonchev–Trinajstić information content (AvgIpc) is 2.50. The van der Waals surface area contributed by atoms with E-state index in [0.29, 0.717) is 15.7 Å². The van der Waals surface area contributed by atoms with E-state index in [0.717, 1.165) is 10.6 Å². The summed E-state index contributed by atoms with van der Waals surface area (Å²) in [6.45, 7) is 3.64. The molecule has 2 aromatic carbocycles. The SMILES string of the molecule is Cc1ccc(S(=O)(=O)Nc2cc(Br)cc3c2N([O-])C(C)C=C3)cc1. The number of hydrogen-bond donors (Lipinski definition) is 1. The van der Waals surface area contributed by atoms with Crippen molar-refractivity contribution in [1.29, 1.82) is 0 Å².